The Bertz CT molecular complexity index is 1500. The molecule has 196 valence electrons. The summed E-state index contributed by atoms with van der Waals surface area (Å²) >= 11 is 2.70. The number of thiazole rings is 1. The van der Waals surface area contributed by atoms with Crippen molar-refractivity contribution >= 4 is 44.6 Å². The van der Waals surface area contributed by atoms with Gasteiger partial charge in [0, 0.05) is 54.5 Å². The number of amides is 2. The van der Waals surface area contributed by atoms with Crippen molar-refractivity contribution in [3.05, 3.63) is 75.6 Å². The summed E-state index contributed by atoms with van der Waals surface area (Å²) in [5, 5.41) is 6.76. The van der Waals surface area contributed by atoms with Gasteiger partial charge in [0.05, 0.1) is 10.4 Å². The second kappa shape index (κ2) is 9.79. The average Bonchev–Trinajstić information content (AvgIpc) is 3.65. The predicted molar refractivity (Wildman–Crippen MR) is 142 cm³/mol. The molecule has 1 N–H and O–H groups in total. The van der Waals surface area contributed by atoms with Crippen molar-refractivity contribution in [3.63, 3.8) is 0 Å². The predicted octanol–water partition coefficient (Wildman–Crippen LogP) is 5.37. The molecule has 2 aromatic heterocycles. The minimum absolute atomic E-state index is 0.0318. The first-order valence-electron chi connectivity index (χ1n) is 12.2. The van der Waals surface area contributed by atoms with Gasteiger partial charge in [-0.1, -0.05) is 24.3 Å². The van der Waals surface area contributed by atoms with Crippen molar-refractivity contribution in [1.82, 2.24) is 20.1 Å². The molecule has 0 saturated carbocycles. The van der Waals surface area contributed by atoms with Crippen LogP contribution < -0.4 is 5.32 Å². The fourth-order valence-corrected chi connectivity index (χ4v) is 6.65. The topological polar surface area (TPSA) is 65.5 Å². The lowest BCUT2D eigenvalue weighted by Gasteiger charge is -2.40. The number of thiophene rings is 1. The molecule has 11 heteroatoms. The highest BCUT2D eigenvalue weighted by Gasteiger charge is 2.36. The third kappa shape index (κ3) is 4.93. The van der Waals surface area contributed by atoms with Gasteiger partial charge in [-0.05, 0) is 47.2 Å². The van der Waals surface area contributed by atoms with E-state index in [1.165, 1.54) is 28.7 Å². The van der Waals surface area contributed by atoms with E-state index in [0.717, 1.165) is 28.6 Å². The summed E-state index contributed by atoms with van der Waals surface area (Å²) in [6.07, 6.45) is -1.90. The molecule has 4 heterocycles. The largest absolute Gasteiger partial charge is 0.416 e. The number of aromatic nitrogens is 1. The molecule has 0 radical (unpaired) electrons. The molecule has 2 saturated heterocycles. The van der Waals surface area contributed by atoms with Gasteiger partial charge in [0.25, 0.3) is 11.8 Å². The Labute approximate surface area is 224 Å². The molecule has 6 rings (SSSR count). The second-order valence-corrected chi connectivity index (χ2v) is 11.6. The van der Waals surface area contributed by atoms with Gasteiger partial charge in [0.2, 0.25) is 0 Å². The first-order valence-corrected chi connectivity index (χ1v) is 13.9. The Morgan fingerprint density at radius 1 is 0.947 bits per heavy atom. The summed E-state index contributed by atoms with van der Waals surface area (Å²) in [4.78, 5) is 33.9. The lowest BCUT2D eigenvalue weighted by Crippen LogP contribution is -2.61. The molecular formula is C27H23F3N4O2S2. The number of carbonyl (C=O) groups excluding carboxylic acids is 2. The van der Waals surface area contributed by atoms with E-state index in [9.17, 15) is 22.8 Å². The van der Waals surface area contributed by atoms with Gasteiger partial charge >= 0.3 is 6.18 Å². The van der Waals surface area contributed by atoms with E-state index in [1.54, 1.807) is 28.6 Å². The van der Waals surface area contributed by atoms with Crippen molar-refractivity contribution in [3.8, 4) is 11.1 Å². The van der Waals surface area contributed by atoms with E-state index < -0.39 is 11.7 Å². The van der Waals surface area contributed by atoms with Gasteiger partial charge in [0.15, 0.2) is 5.01 Å². The molecule has 0 bridgehead atoms. The standard InChI is InChI=1S/C27H23F3N4O2S2/c28-27(29,30)19-3-1-2-16(10-19)17-4-5-18-12-23(38-22(18)11-17)25(35)34-14-21(15-34)32-20-6-8-33(13-20)26(36)24-31-7-9-37-24/h1-5,7,9-12,20-21,32H,6,8,13-15H2. The van der Waals surface area contributed by atoms with Crippen molar-refractivity contribution in [1.29, 1.82) is 0 Å². The minimum Gasteiger partial charge on any atom is -0.335 e. The number of likely N-dealkylation sites (tertiary alicyclic amines) is 2. The number of carbonyl (C=O) groups is 2. The number of halogens is 3. The number of fused-ring (bicyclic) bond motifs is 1. The van der Waals surface area contributed by atoms with E-state index in [2.05, 4.69) is 10.3 Å². The molecule has 38 heavy (non-hydrogen) atoms. The Morgan fingerprint density at radius 3 is 2.50 bits per heavy atom. The van der Waals surface area contributed by atoms with E-state index in [-0.39, 0.29) is 23.9 Å². The van der Waals surface area contributed by atoms with Gasteiger partial charge in [-0.15, -0.1) is 22.7 Å². The Kier molecular flexibility index (Phi) is 6.45. The van der Waals surface area contributed by atoms with Crippen LogP contribution in [0.4, 0.5) is 13.2 Å². The Hall–Kier alpha value is -3.28. The third-order valence-electron chi connectivity index (χ3n) is 6.98. The molecule has 1 unspecified atom stereocenters. The number of benzene rings is 2. The van der Waals surface area contributed by atoms with Crippen LogP contribution in [0.3, 0.4) is 0 Å². The summed E-state index contributed by atoms with van der Waals surface area (Å²) in [6.45, 7) is 2.52. The molecule has 0 aliphatic carbocycles. The maximum atomic E-state index is 13.1. The zero-order valence-electron chi connectivity index (χ0n) is 20.1. The van der Waals surface area contributed by atoms with Crippen LogP contribution >= 0.6 is 22.7 Å². The van der Waals surface area contributed by atoms with E-state index in [0.29, 0.717) is 47.2 Å². The monoisotopic (exact) mass is 556 g/mol. The molecule has 2 fully saturated rings. The lowest BCUT2D eigenvalue weighted by atomic mass is 10.0. The van der Waals surface area contributed by atoms with Gasteiger partial charge in [-0.25, -0.2) is 4.98 Å². The summed E-state index contributed by atoms with van der Waals surface area (Å²) in [6, 6.07) is 13.0. The van der Waals surface area contributed by atoms with E-state index >= 15 is 0 Å². The van der Waals surface area contributed by atoms with Crippen LogP contribution in [0.5, 0.6) is 0 Å². The van der Waals surface area contributed by atoms with E-state index in [4.69, 9.17) is 0 Å². The number of hydrogen-bond acceptors (Lipinski definition) is 6. The zero-order valence-corrected chi connectivity index (χ0v) is 21.7. The molecular weight excluding hydrogens is 533 g/mol. The maximum absolute atomic E-state index is 13.1. The molecule has 0 spiro atoms. The van der Waals surface area contributed by atoms with Crippen molar-refractivity contribution in [2.75, 3.05) is 26.2 Å². The fraction of sp³-hybridized carbons (Fsp3) is 0.296. The van der Waals surface area contributed by atoms with Crippen molar-refractivity contribution in [2.45, 2.75) is 24.7 Å². The van der Waals surface area contributed by atoms with Gasteiger partial charge in [-0.2, -0.15) is 13.2 Å². The van der Waals surface area contributed by atoms with Crippen LogP contribution in [-0.2, 0) is 6.18 Å². The van der Waals surface area contributed by atoms with Crippen LogP contribution in [0.15, 0.2) is 60.1 Å². The number of hydrogen-bond donors (Lipinski definition) is 1. The van der Waals surface area contributed by atoms with Crippen LogP contribution in [0, 0.1) is 0 Å². The SMILES string of the molecule is O=C(c1cc2ccc(-c3cccc(C(F)(F)F)c3)cc2s1)N1CC(NC2CCN(C(=O)c3nccs3)C2)C1. The van der Waals surface area contributed by atoms with Gasteiger partial charge in [0.1, 0.15) is 0 Å². The molecule has 2 aromatic carbocycles. The normalized spacial score (nSPS) is 18.2. The smallest absolute Gasteiger partial charge is 0.335 e. The van der Waals surface area contributed by atoms with Gasteiger partial charge < -0.3 is 15.1 Å². The maximum Gasteiger partial charge on any atom is 0.416 e. The highest BCUT2D eigenvalue weighted by atomic mass is 32.1. The molecule has 2 aliphatic heterocycles. The minimum atomic E-state index is -4.40. The molecule has 4 aromatic rings. The lowest BCUT2D eigenvalue weighted by molar-refractivity contribution is -0.137. The van der Waals surface area contributed by atoms with Crippen LogP contribution in [0.25, 0.3) is 21.2 Å². The van der Waals surface area contributed by atoms with E-state index in [1.807, 2.05) is 23.1 Å². The molecule has 1 atom stereocenters. The zero-order chi connectivity index (χ0) is 26.4. The van der Waals surface area contributed by atoms with Crippen LogP contribution in [0.2, 0.25) is 0 Å². The molecule has 2 aliphatic rings. The number of alkyl halides is 3. The number of nitrogens with one attached hydrogen (secondary N) is 1. The van der Waals surface area contributed by atoms with Crippen LogP contribution in [0.1, 0.15) is 31.5 Å². The van der Waals surface area contributed by atoms with Gasteiger partial charge in [-0.3, -0.25) is 9.59 Å². The average molecular weight is 557 g/mol. The van der Waals surface area contributed by atoms with Crippen LogP contribution in [-0.4, -0.2) is 64.9 Å². The summed E-state index contributed by atoms with van der Waals surface area (Å²) in [5.41, 5.74) is 0.477. The fourth-order valence-electron chi connectivity index (χ4n) is 4.98. The first kappa shape index (κ1) is 25.0. The molecule has 2 amide bonds. The van der Waals surface area contributed by atoms with Crippen molar-refractivity contribution < 1.29 is 22.8 Å². The Morgan fingerprint density at radius 2 is 1.74 bits per heavy atom. The first-order chi connectivity index (χ1) is 18.2. The second-order valence-electron chi connectivity index (χ2n) is 9.59. The Balaban J connectivity index is 1.06. The summed E-state index contributed by atoms with van der Waals surface area (Å²) < 4.78 is 40.2. The number of nitrogens with zero attached hydrogens (tertiary/aromatic N) is 3. The highest BCUT2D eigenvalue weighted by molar-refractivity contribution is 7.20. The highest BCUT2D eigenvalue weighted by Crippen LogP contribution is 2.35. The quantitative estimate of drug-likeness (QED) is 0.359. The number of rotatable bonds is 5. The van der Waals surface area contributed by atoms with Crippen molar-refractivity contribution in [2.24, 2.45) is 0 Å². The third-order valence-corrected chi connectivity index (χ3v) is 8.83. The summed E-state index contributed by atoms with van der Waals surface area (Å²) in [5.74, 6) is -0.0763. The molecule has 6 nitrogen and oxygen atoms in total. The summed E-state index contributed by atoms with van der Waals surface area (Å²) in [7, 11) is 0.